The van der Waals surface area contributed by atoms with Gasteiger partial charge in [-0.2, -0.15) is 0 Å². The second-order valence-electron chi connectivity index (χ2n) is 13.2. The molecule has 0 aliphatic heterocycles. The van der Waals surface area contributed by atoms with Gasteiger partial charge in [0.05, 0.1) is 6.33 Å². The summed E-state index contributed by atoms with van der Waals surface area (Å²) in [5.41, 5.74) is 1.24. The van der Waals surface area contributed by atoms with Crippen LogP contribution in [0.1, 0.15) is 186 Å². The van der Waals surface area contributed by atoms with E-state index in [0.29, 0.717) is 6.04 Å². The number of aromatic nitrogens is 2. The fourth-order valence-corrected chi connectivity index (χ4v) is 5.94. The summed E-state index contributed by atoms with van der Waals surface area (Å²) >= 11 is 0. The fourth-order valence-electron chi connectivity index (χ4n) is 5.94. The quantitative estimate of drug-likeness (QED) is 0.0593. The molecule has 0 fully saturated rings. The molecule has 0 unspecified atom stereocenters. The number of allylic oxidation sites excluding steroid dienone is 8. The molecule has 0 saturated heterocycles. The minimum atomic E-state index is 0.671. The van der Waals surface area contributed by atoms with E-state index in [2.05, 4.69) is 77.7 Å². The third-order valence-corrected chi connectivity index (χ3v) is 8.89. The monoisotopic (exact) mass is 622 g/mol. The van der Waals surface area contributed by atoms with Gasteiger partial charge in [0.15, 0.2) is 0 Å². The number of unbranched alkanes of at least 4 members (excludes halogenated alkanes) is 18. The third kappa shape index (κ3) is 30.5. The molecule has 2 N–H and O–H groups in total. The first-order valence-electron chi connectivity index (χ1n) is 19.7. The summed E-state index contributed by atoms with van der Waals surface area (Å²) in [5, 5.41) is 3.89. The summed E-state index contributed by atoms with van der Waals surface area (Å²) in [5.74, 6) is 0. The van der Waals surface area contributed by atoms with Crippen LogP contribution in [0.4, 0.5) is 0 Å². The minimum Gasteiger partial charge on any atom is -0.348 e. The summed E-state index contributed by atoms with van der Waals surface area (Å²) in [4.78, 5) is 7.42. The molecule has 1 heterocycles. The highest BCUT2D eigenvalue weighted by Crippen LogP contribution is 2.15. The van der Waals surface area contributed by atoms with E-state index in [0.717, 1.165) is 25.8 Å². The minimum absolute atomic E-state index is 0.671. The summed E-state index contributed by atoms with van der Waals surface area (Å²) < 4.78 is 0. The molecule has 0 aliphatic rings. The van der Waals surface area contributed by atoms with Crippen molar-refractivity contribution in [3.8, 4) is 0 Å². The molecular weight excluding hydrogens is 546 g/mol. The number of nitrogens with zero attached hydrogens (tertiary/aromatic N) is 1. The number of aromatic amines is 1. The van der Waals surface area contributed by atoms with Crippen LogP contribution in [0.2, 0.25) is 0 Å². The van der Waals surface area contributed by atoms with Gasteiger partial charge in [-0.25, -0.2) is 4.98 Å². The van der Waals surface area contributed by atoms with Crippen LogP contribution in [0.15, 0.2) is 61.1 Å². The van der Waals surface area contributed by atoms with Crippen LogP contribution >= 0.6 is 0 Å². The molecule has 45 heavy (non-hydrogen) atoms. The van der Waals surface area contributed by atoms with Gasteiger partial charge in [-0.1, -0.05) is 152 Å². The van der Waals surface area contributed by atoms with Crippen LogP contribution < -0.4 is 5.32 Å². The number of hydrogen-bond acceptors (Lipinski definition) is 2. The van der Waals surface area contributed by atoms with Crippen molar-refractivity contribution in [3.05, 3.63) is 66.8 Å². The number of rotatable bonds is 34. The molecular formula is C42H75N3. The molecule has 1 aromatic rings. The molecule has 0 saturated carbocycles. The van der Waals surface area contributed by atoms with Gasteiger partial charge in [0.1, 0.15) is 0 Å². The molecule has 0 atom stereocenters. The van der Waals surface area contributed by atoms with Crippen molar-refractivity contribution < 1.29 is 0 Å². The Morgan fingerprint density at radius 2 is 0.978 bits per heavy atom. The Bertz CT molecular complexity index is 756. The van der Waals surface area contributed by atoms with Crippen molar-refractivity contribution in [1.29, 1.82) is 0 Å². The first kappa shape index (κ1) is 41.2. The van der Waals surface area contributed by atoms with Gasteiger partial charge in [0.2, 0.25) is 0 Å². The molecule has 0 radical (unpaired) electrons. The van der Waals surface area contributed by atoms with E-state index in [1.54, 1.807) is 6.33 Å². The van der Waals surface area contributed by atoms with Crippen LogP contribution in [-0.4, -0.2) is 22.6 Å². The predicted octanol–water partition coefficient (Wildman–Crippen LogP) is 13.3. The van der Waals surface area contributed by atoms with E-state index >= 15 is 0 Å². The SMILES string of the molecule is CCCCCC=CCC=CCCCCCCCCC(CCCCCCCCC=CCC=CCCCCC)NCCc1cnc[nH]1. The maximum atomic E-state index is 4.17. The lowest BCUT2D eigenvalue weighted by Crippen LogP contribution is -2.31. The van der Waals surface area contributed by atoms with Gasteiger partial charge in [-0.3, -0.25) is 0 Å². The van der Waals surface area contributed by atoms with E-state index < -0.39 is 0 Å². The Balaban J connectivity index is 2.06. The van der Waals surface area contributed by atoms with Gasteiger partial charge in [-0.05, 0) is 77.0 Å². The van der Waals surface area contributed by atoms with Crippen molar-refractivity contribution in [3.63, 3.8) is 0 Å². The Hall–Kier alpha value is -1.87. The number of H-pyrrole nitrogens is 1. The zero-order chi connectivity index (χ0) is 32.1. The Kier molecular flexibility index (Phi) is 32.0. The van der Waals surface area contributed by atoms with Gasteiger partial charge in [-0.15, -0.1) is 0 Å². The average molecular weight is 622 g/mol. The Labute approximate surface area is 281 Å². The lowest BCUT2D eigenvalue weighted by atomic mass is 9.99. The molecule has 1 rings (SSSR count). The summed E-state index contributed by atoms with van der Waals surface area (Å²) in [6.07, 6.45) is 58.2. The number of imidazole rings is 1. The molecule has 0 aromatic carbocycles. The first-order valence-corrected chi connectivity index (χ1v) is 19.7. The lowest BCUT2D eigenvalue weighted by Gasteiger charge is -2.19. The van der Waals surface area contributed by atoms with Crippen molar-refractivity contribution in [2.45, 2.75) is 193 Å². The van der Waals surface area contributed by atoms with E-state index in [1.165, 1.54) is 160 Å². The van der Waals surface area contributed by atoms with Crippen molar-refractivity contribution >= 4 is 0 Å². The molecule has 3 heteroatoms. The van der Waals surface area contributed by atoms with Crippen molar-refractivity contribution in [1.82, 2.24) is 15.3 Å². The van der Waals surface area contributed by atoms with Gasteiger partial charge in [0, 0.05) is 30.9 Å². The van der Waals surface area contributed by atoms with E-state index in [1.807, 2.05) is 6.20 Å². The number of hydrogen-bond donors (Lipinski definition) is 2. The van der Waals surface area contributed by atoms with E-state index in [-0.39, 0.29) is 0 Å². The normalized spacial score (nSPS) is 13.0. The molecule has 1 aromatic heterocycles. The highest BCUT2D eigenvalue weighted by molar-refractivity contribution is 4.95. The Morgan fingerprint density at radius 3 is 1.40 bits per heavy atom. The maximum Gasteiger partial charge on any atom is 0.0921 e. The van der Waals surface area contributed by atoms with Crippen LogP contribution in [0.25, 0.3) is 0 Å². The second-order valence-corrected chi connectivity index (χ2v) is 13.2. The highest BCUT2D eigenvalue weighted by atomic mass is 14.9. The summed E-state index contributed by atoms with van der Waals surface area (Å²) in [6, 6.07) is 0.671. The lowest BCUT2D eigenvalue weighted by molar-refractivity contribution is 0.413. The highest BCUT2D eigenvalue weighted by Gasteiger charge is 2.08. The molecule has 0 spiro atoms. The van der Waals surface area contributed by atoms with Gasteiger partial charge in [0.25, 0.3) is 0 Å². The Morgan fingerprint density at radius 1 is 0.556 bits per heavy atom. The predicted molar refractivity (Wildman–Crippen MR) is 202 cm³/mol. The second kappa shape index (κ2) is 35.0. The standard InChI is InChI=1S/C42H75N3/c1-3-5-7-9-11-13-15-17-19-21-23-25-27-29-31-33-35-41(44-38-37-42-39-43-40-45-42)36-34-32-30-28-26-24-22-20-18-16-14-12-10-8-6-4-2/h11-14,17-20,39-41,44H,3-10,15-16,21-38H2,1-2H3,(H,43,45). The summed E-state index contributed by atoms with van der Waals surface area (Å²) in [7, 11) is 0. The topological polar surface area (TPSA) is 40.7 Å². The van der Waals surface area contributed by atoms with Gasteiger partial charge < -0.3 is 10.3 Å². The smallest absolute Gasteiger partial charge is 0.0921 e. The largest absolute Gasteiger partial charge is 0.348 e. The summed E-state index contributed by atoms with van der Waals surface area (Å²) in [6.45, 7) is 5.59. The van der Waals surface area contributed by atoms with Crippen LogP contribution in [-0.2, 0) is 6.42 Å². The molecule has 258 valence electrons. The van der Waals surface area contributed by atoms with E-state index in [9.17, 15) is 0 Å². The first-order chi connectivity index (χ1) is 22.4. The maximum absolute atomic E-state index is 4.17. The van der Waals surface area contributed by atoms with Crippen molar-refractivity contribution in [2.75, 3.05) is 6.54 Å². The molecule has 0 amide bonds. The van der Waals surface area contributed by atoms with Crippen molar-refractivity contribution in [2.24, 2.45) is 0 Å². The third-order valence-electron chi connectivity index (χ3n) is 8.89. The van der Waals surface area contributed by atoms with Crippen LogP contribution in [0.5, 0.6) is 0 Å². The average Bonchev–Trinajstić information content (AvgIpc) is 3.57. The molecule has 0 aliphatic carbocycles. The zero-order valence-corrected chi connectivity index (χ0v) is 30.1. The zero-order valence-electron chi connectivity index (χ0n) is 30.1. The fraction of sp³-hybridized carbons (Fsp3) is 0.738. The molecule has 0 bridgehead atoms. The van der Waals surface area contributed by atoms with Gasteiger partial charge >= 0.3 is 0 Å². The number of nitrogens with one attached hydrogen (secondary N) is 2. The van der Waals surface area contributed by atoms with Crippen LogP contribution in [0, 0.1) is 0 Å². The molecule has 3 nitrogen and oxygen atoms in total. The van der Waals surface area contributed by atoms with E-state index in [4.69, 9.17) is 0 Å². The van der Waals surface area contributed by atoms with Crippen LogP contribution in [0.3, 0.4) is 0 Å².